The molecule has 4 aliphatic carbocycles. The van der Waals surface area contributed by atoms with Crippen molar-refractivity contribution in [1.29, 1.82) is 0 Å². The van der Waals surface area contributed by atoms with E-state index in [0.29, 0.717) is 42.4 Å². The molecule has 24 heavy (non-hydrogen) atoms. The van der Waals surface area contributed by atoms with Gasteiger partial charge in [-0.1, -0.05) is 13.8 Å². The van der Waals surface area contributed by atoms with E-state index in [0.717, 1.165) is 12.8 Å². The minimum absolute atomic E-state index is 0.0752. The number of alkyl halides is 1. The summed E-state index contributed by atoms with van der Waals surface area (Å²) in [6.07, 6.45) is 6.45. The standard InChI is InChI=1S/C21H35FO2/c1-12(23)15-6-7-16-14-5-4-13-10-19(24)18(22)11-21(13,3)17(14)8-9-20(15,16)2/h12-19,23-24H,4-11H2,1-3H3/t12?,13?,14-,15+,16-,17-,18?,19?,20+,21-/m0/s1. The Kier molecular flexibility index (Phi) is 4.08. The second-order valence-electron chi connectivity index (χ2n) is 10.1. The molecule has 0 radical (unpaired) electrons. The van der Waals surface area contributed by atoms with E-state index in [1.807, 2.05) is 6.92 Å². The van der Waals surface area contributed by atoms with Gasteiger partial charge in [0, 0.05) is 0 Å². The molecule has 0 aromatic rings. The van der Waals surface area contributed by atoms with Crippen molar-refractivity contribution in [3.63, 3.8) is 0 Å². The molecule has 4 rings (SSSR count). The minimum atomic E-state index is -1.04. The van der Waals surface area contributed by atoms with Crippen molar-refractivity contribution in [1.82, 2.24) is 0 Å². The number of fused-ring (bicyclic) bond motifs is 5. The molecule has 0 bridgehead atoms. The Hall–Kier alpha value is -0.150. The maximum atomic E-state index is 14.4. The Morgan fingerprint density at radius 1 is 1.00 bits per heavy atom. The molecule has 4 aliphatic rings. The van der Waals surface area contributed by atoms with Gasteiger partial charge in [-0.15, -0.1) is 0 Å². The summed E-state index contributed by atoms with van der Waals surface area (Å²) < 4.78 is 14.4. The summed E-state index contributed by atoms with van der Waals surface area (Å²) in [5.74, 6) is 2.97. The molecule has 0 spiro atoms. The van der Waals surface area contributed by atoms with Gasteiger partial charge in [0.2, 0.25) is 0 Å². The number of aliphatic hydroxyl groups is 2. The highest BCUT2D eigenvalue weighted by Crippen LogP contribution is 2.67. The average molecular weight is 339 g/mol. The van der Waals surface area contributed by atoms with Crippen molar-refractivity contribution in [3.8, 4) is 0 Å². The van der Waals surface area contributed by atoms with Gasteiger partial charge in [0.1, 0.15) is 6.17 Å². The molecule has 4 fully saturated rings. The number of halogens is 1. The molecule has 0 amide bonds. The van der Waals surface area contributed by atoms with Crippen molar-refractivity contribution in [2.24, 2.45) is 40.4 Å². The Morgan fingerprint density at radius 3 is 2.42 bits per heavy atom. The monoisotopic (exact) mass is 338 g/mol. The van der Waals surface area contributed by atoms with E-state index in [1.165, 1.54) is 25.7 Å². The fraction of sp³-hybridized carbons (Fsp3) is 1.00. The van der Waals surface area contributed by atoms with Crippen LogP contribution in [0, 0.1) is 40.4 Å². The molecule has 0 heterocycles. The Labute approximate surface area is 146 Å². The lowest BCUT2D eigenvalue weighted by Crippen LogP contribution is -2.56. The number of hydrogen-bond acceptors (Lipinski definition) is 2. The van der Waals surface area contributed by atoms with Gasteiger partial charge >= 0.3 is 0 Å². The third kappa shape index (κ3) is 2.26. The van der Waals surface area contributed by atoms with Gasteiger partial charge in [0.15, 0.2) is 0 Å². The molecule has 0 aromatic heterocycles. The summed E-state index contributed by atoms with van der Waals surface area (Å²) in [7, 11) is 0. The van der Waals surface area contributed by atoms with Crippen molar-refractivity contribution < 1.29 is 14.6 Å². The number of aliphatic hydroxyl groups excluding tert-OH is 2. The Morgan fingerprint density at radius 2 is 1.71 bits per heavy atom. The molecule has 4 saturated carbocycles. The fourth-order valence-electron chi connectivity index (χ4n) is 8.07. The molecule has 0 saturated heterocycles. The van der Waals surface area contributed by atoms with Crippen LogP contribution in [-0.4, -0.2) is 28.6 Å². The zero-order valence-corrected chi connectivity index (χ0v) is 15.5. The fourth-order valence-corrected chi connectivity index (χ4v) is 8.07. The van der Waals surface area contributed by atoms with Crippen LogP contribution in [0.5, 0.6) is 0 Å². The lowest BCUT2D eigenvalue weighted by Gasteiger charge is -2.61. The second kappa shape index (κ2) is 5.67. The summed E-state index contributed by atoms with van der Waals surface area (Å²) >= 11 is 0. The molecular formula is C21H35FO2. The highest BCUT2D eigenvalue weighted by molar-refractivity contribution is 5.10. The van der Waals surface area contributed by atoms with Crippen LogP contribution in [-0.2, 0) is 0 Å². The van der Waals surface area contributed by atoms with E-state index >= 15 is 0 Å². The topological polar surface area (TPSA) is 40.5 Å². The maximum Gasteiger partial charge on any atom is 0.126 e. The summed E-state index contributed by atoms with van der Waals surface area (Å²) in [6.45, 7) is 6.73. The molecule has 10 atom stereocenters. The van der Waals surface area contributed by atoms with E-state index < -0.39 is 12.3 Å². The van der Waals surface area contributed by atoms with Crippen molar-refractivity contribution in [2.75, 3.05) is 0 Å². The zero-order chi connectivity index (χ0) is 17.3. The molecule has 0 aliphatic heterocycles. The van der Waals surface area contributed by atoms with Gasteiger partial charge in [-0.2, -0.15) is 0 Å². The van der Waals surface area contributed by atoms with Crippen LogP contribution in [0.25, 0.3) is 0 Å². The van der Waals surface area contributed by atoms with Crippen molar-refractivity contribution >= 4 is 0 Å². The minimum Gasteiger partial charge on any atom is -0.393 e. The quantitative estimate of drug-likeness (QED) is 0.747. The van der Waals surface area contributed by atoms with Gasteiger partial charge in [-0.05, 0) is 98.7 Å². The summed E-state index contributed by atoms with van der Waals surface area (Å²) in [6, 6.07) is 0. The van der Waals surface area contributed by atoms with Crippen LogP contribution in [0.2, 0.25) is 0 Å². The molecule has 4 unspecified atom stereocenters. The second-order valence-corrected chi connectivity index (χ2v) is 10.1. The van der Waals surface area contributed by atoms with Gasteiger partial charge < -0.3 is 10.2 Å². The first-order chi connectivity index (χ1) is 11.3. The van der Waals surface area contributed by atoms with Gasteiger partial charge in [0.25, 0.3) is 0 Å². The van der Waals surface area contributed by atoms with Crippen LogP contribution >= 0.6 is 0 Å². The van der Waals surface area contributed by atoms with E-state index in [2.05, 4.69) is 13.8 Å². The Balaban J connectivity index is 1.61. The van der Waals surface area contributed by atoms with Crippen LogP contribution in [0.4, 0.5) is 4.39 Å². The summed E-state index contributed by atoms with van der Waals surface area (Å²) in [4.78, 5) is 0. The molecule has 138 valence electrons. The van der Waals surface area contributed by atoms with Crippen LogP contribution in [0.15, 0.2) is 0 Å². The first-order valence-corrected chi connectivity index (χ1v) is 10.3. The lowest BCUT2D eigenvalue weighted by atomic mass is 9.44. The lowest BCUT2D eigenvalue weighted by molar-refractivity contribution is -0.149. The third-order valence-electron chi connectivity index (χ3n) is 9.30. The normalized spacial score (nSPS) is 58.5. The predicted molar refractivity (Wildman–Crippen MR) is 93.2 cm³/mol. The highest BCUT2D eigenvalue weighted by Gasteiger charge is 2.61. The SMILES string of the molecule is CC(O)[C@H]1CC[C@H]2[C@@H]3CCC4CC(O)C(F)C[C@]4(C)[C@H]3CC[C@]12C. The van der Waals surface area contributed by atoms with Crippen LogP contribution in [0.1, 0.15) is 72.1 Å². The third-order valence-corrected chi connectivity index (χ3v) is 9.30. The van der Waals surface area contributed by atoms with Gasteiger partial charge in [-0.25, -0.2) is 4.39 Å². The number of rotatable bonds is 1. The summed E-state index contributed by atoms with van der Waals surface area (Å²) in [5, 5.41) is 20.3. The van der Waals surface area contributed by atoms with Gasteiger partial charge in [0.05, 0.1) is 12.2 Å². The van der Waals surface area contributed by atoms with Crippen LogP contribution < -0.4 is 0 Å². The predicted octanol–water partition coefficient (Wildman–Crippen LogP) is 4.34. The van der Waals surface area contributed by atoms with E-state index in [9.17, 15) is 14.6 Å². The van der Waals surface area contributed by atoms with E-state index in [-0.39, 0.29) is 16.9 Å². The molecule has 0 aromatic carbocycles. The first kappa shape index (κ1) is 17.3. The summed E-state index contributed by atoms with van der Waals surface area (Å²) in [5.41, 5.74) is 0.355. The van der Waals surface area contributed by atoms with Gasteiger partial charge in [-0.3, -0.25) is 0 Å². The van der Waals surface area contributed by atoms with Crippen molar-refractivity contribution in [3.05, 3.63) is 0 Å². The van der Waals surface area contributed by atoms with Crippen molar-refractivity contribution in [2.45, 2.75) is 90.5 Å². The smallest absolute Gasteiger partial charge is 0.126 e. The van der Waals surface area contributed by atoms with Crippen LogP contribution in [0.3, 0.4) is 0 Å². The Bertz CT molecular complexity index is 494. The zero-order valence-electron chi connectivity index (χ0n) is 15.5. The highest BCUT2D eigenvalue weighted by atomic mass is 19.1. The molecule has 3 heteroatoms. The number of hydrogen-bond donors (Lipinski definition) is 2. The average Bonchev–Trinajstić information content (AvgIpc) is 2.86. The van der Waals surface area contributed by atoms with E-state index in [1.54, 1.807) is 0 Å². The molecular weight excluding hydrogens is 303 g/mol. The van der Waals surface area contributed by atoms with E-state index in [4.69, 9.17) is 0 Å². The first-order valence-electron chi connectivity index (χ1n) is 10.3. The maximum absolute atomic E-state index is 14.4. The molecule has 2 N–H and O–H groups in total. The largest absolute Gasteiger partial charge is 0.393 e. The molecule has 2 nitrogen and oxygen atoms in total.